The van der Waals surface area contributed by atoms with E-state index in [4.69, 9.17) is 0 Å². The number of nitrogens with one attached hydrogen (secondary N) is 2. The molecule has 0 radical (unpaired) electrons. The Kier molecular flexibility index (Phi) is 5.45. The number of carbonyl (C=O) groups is 2. The van der Waals surface area contributed by atoms with Gasteiger partial charge < -0.3 is 10.6 Å². The molecule has 0 aromatic rings. The molecule has 0 unspecified atom stereocenters. The first-order valence-electron chi connectivity index (χ1n) is 6.66. The van der Waals surface area contributed by atoms with Crippen LogP contribution in [0, 0.1) is 5.92 Å². The summed E-state index contributed by atoms with van der Waals surface area (Å²) >= 11 is 0. The zero-order valence-corrected chi connectivity index (χ0v) is 11.1. The number of hydrogen-bond acceptors (Lipinski definition) is 2. The molecule has 2 amide bonds. The summed E-state index contributed by atoms with van der Waals surface area (Å²) < 4.78 is 0. The van der Waals surface area contributed by atoms with Gasteiger partial charge in [-0.25, -0.2) is 0 Å². The molecule has 1 rings (SSSR count). The van der Waals surface area contributed by atoms with Crippen molar-refractivity contribution >= 4 is 11.8 Å². The minimum absolute atomic E-state index is 0.0528. The topological polar surface area (TPSA) is 58.2 Å². The van der Waals surface area contributed by atoms with E-state index >= 15 is 0 Å². The summed E-state index contributed by atoms with van der Waals surface area (Å²) in [6.45, 7) is 6.01. The summed E-state index contributed by atoms with van der Waals surface area (Å²) in [6, 6.07) is 0.218. The van der Waals surface area contributed by atoms with Crippen LogP contribution in [0.15, 0.2) is 0 Å². The quantitative estimate of drug-likeness (QED) is 0.736. The highest BCUT2D eigenvalue weighted by atomic mass is 16.2. The van der Waals surface area contributed by atoms with Crippen LogP contribution in [-0.4, -0.2) is 23.9 Å². The Morgan fingerprint density at radius 2 is 1.88 bits per heavy atom. The molecule has 0 aliphatic heterocycles. The normalized spacial score (nSPS) is 26.1. The van der Waals surface area contributed by atoms with Gasteiger partial charge in [0, 0.05) is 12.1 Å². The third-order valence-corrected chi connectivity index (χ3v) is 3.62. The second-order valence-electron chi connectivity index (χ2n) is 5.12. The van der Waals surface area contributed by atoms with Crippen molar-refractivity contribution in [1.29, 1.82) is 0 Å². The predicted octanol–water partition coefficient (Wildman–Crippen LogP) is 1.60. The van der Waals surface area contributed by atoms with E-state index in [-0.39, 0.29) is 12.1 Å². The van der Waals surface area contributed by atoms with Crippen LogP contribution in [0.5, 0.6) is 0 Å². The zero-order chi connectivity index (χ0) is 12.8. The third kappa shape index (κ3) is 4.36. The van der Waals surface area contributed by atoms with E-state index in [1.807, 2.05) is 13.8 Å². The van der Waals surface area contributed by atoms with Crippen LogP contribution >= 0.6 is 0 Å². The lowest BCUT2D eigenvalue weighted by atomic mass is 9.86. The molecule has 0 spiro atoms. The fourth-order valence-corrected chi connectivity index (χ4v) is 2.16. The van der Waals surface area contributed by atoms with Gasteiger partial charge in [-0.3, -0.25) is 9.59 Å². The minimum Gasteiger partial charge on any atom is -0.345 e. The van der Waals surface area contributed by atoms with Crippen LogP contribution in [0.2, 0.25) is 0 Å². The Bertz CT molecular complexity index is 279. The smallest absolute Gasteiger partial charge is 0.309 e. The summed E-state index contributed by atoms with van der Waals surface area (Å²) in [5, 5.41) is 5.53. The maximum Gasteiger partial charge on any atom is 0.309 e. The van der Waals surface area contributed by atoms with E-state index in [9.17, 15) is 9.59 Å². The largest absolute Gasteiger partial charge is 0.345 e. The lowest BCUT2D eigenvalue weighted by Gasteiger charge is -2.29. The fraction of sp³-hybridized carbons (Fsp3) is 0.846. The van der Waals surface area contributed by atoms with Gasteiger partial charge >= 0.3 is 11.8 Å². The Labute approximate surface area is 104 Å². The lowest BCUT2D eigenvalue weighted by Crippen LogP contribution is -2.49. The molecule has 4 nitrogen and oxygen atoms in total. The van der Waals surface area contributed by atoms with E-state index < -0.39 is 11.8 Å². The van der Waals surface area contributed by atoms with Crippen molar-refractivity contribution in [1.82, 2.24) is 10.6 Å². The minimum atomic E-state index is -0.503. The van der Waals surface area contributed by atoms with Gasteiger partial charge in [-0.2, -0.15) is 0 Å². The predicted molar refractivity (Wildman–Crippen MR) is 67.5 cm³/mol. The van der Waals surface area contributed by atoms with E-state index in [2.05, 4.69) is 17.6 Å². The molecule has 0 aromatic heterocycles. The van der Waals surface area contributed by atoms with Gasteiger partial charge in [-0.05, 0) is 32.1 Å². The van der Waals surface area contributed by atoms with Crippen molar-refractivity contribution in [3.8, 4) is 0 Å². The van der Waals surface area contributed by atoms with Gasteiger partial charge in [-0.1, -0.05) is 26.7 Å². The molecule has 1 fully saturated rings. The van der Waals surface area contributed by atoms with Crippen molar-refractivity contribution in [2.75, 3.05) is 0 Å². The first kappa shape index (κ1) is 14.0. The van der Waals surface area contributed by atoms with E-state index in [1.165, 1.54) is 6.42 Å². The first-order chi connectivity index (χ1) is 8.04. The highest BCUT2D eigenvalue weighted by Gasteiger charge is 2.25. The molecular formula is C13H24N2O2. The highest BCUT2D eigenvalue weighted by Crippen LogP contribution is 2.23. The number of amides is 2. The van der Waals surface area contributed by atoms with Crippen LogP contribution in [0.25, 0.3) is 0 Å². The van der Waals surface area contributed by atoms with Gasteiger partial charge in [0.1, 0.15) is 0 Å². The van der Waals surface area contributed by atoms with Crippen LogP contribution in [0.4, 0.5) is 0 Å². The molecule has 0 bridgehead atoms. The van der Waals surface area contributed by atoms with Crippen LogP contribution in [0.1, 0.15) is 52.9 Å². The third-order valence-electron chi connectivity index (χ3n) is 3.62. The molecular weight excluding hydrogens is 216 g/mol. The maximum absolute atomic E-state index is 11.7. The number of carbonyl (C=O) groups excluding carboxylic acids is 2. The van der Waals surface area contributed by atoms with Crippen LogP contribution in [0.3, 0.4) is 0 Å². The van der Waals surface area contributed by atoms with Crippen molar-refractivity contribution in [2.45, 2.75) is 65.0 Å². The molecule has 1 aliphatic rings. The number of hydrogen-bond donors (Lipinski definition) is 2. The molecule has 0 saturated heterocycles. The van der Waals surface area contributed by atoms with Crippen LogP contribution in [-0.2, 0) is 9.59 Å². The molecule has 3 atom stereocenters. The average Bonchev–Trinajstić information content (AvgIpc) is 2.31. The van der Waals surface area contributed by atoms with Gasteiger partial charge in [0.25, 0.3) is 0 Å². The van der Waals surface area contributed by atoms with Crippen molar-refractivity contribution in [2.24, 2.45) is 5.92 Å². The molecule has 0 aromatic carbocycles. The molecule has 1 saturated carbocycles. The summed E-state index contributed by atoms with van der Waals surface area (Å²) in [5.74, 6) is -0.509. The monoisotopic (exact) mass is 240 g/mol. The van der Waals surface area contributed by atoms with Gasteiger partial charge in [0.05, 0.1) is 0 Å². The summed E-state index contributed by atoms with van der Waals surface area (Å²) in [7, 11) is 0. The van der Waals surface area contributed by atoms with Crippen LogP contribution < -0.4 is 10.6 Å². The second kappa shape index (κ2) is 6.62. The standard InChI is InChI=1S/C13H24N2O2/c1-4-10(3)14-12(16)13(17)15-11-8-6-5-7-9(11)2/h9-11H,4-8H2,1-3H3,(H,14,16)(H,15,17)/t9-,10+,11-/m1/s1. The fourth-order valence-electron chi connectivity index (χ4n) is 2.16. The average molecular weight is 240 g/mol. The first-order valence-corrected chi connectivity index (χ1v) is 6.66. The van der Waals surface area contributed by atoms with Gasteiger partial charge in [-0.15, -0.1) is 0 Å². The number of rotatable bonds is 3. The van der Waals surface area contributed by atoms with E-state index in [1.54, 1.807) is 0 Å². The van der Waals surface area contributed by atoms with Crippen molar-refractivity contribution in [3.05, 3.63) is 0 Å². The SMILES string of the molecule is CC[C@H](C)NC(=O)C(=O)N[C@@H]1CCCC[C@H]1C. The Hall–Kier alpha value is -1.06. The summed E-state index contributed by atoms with van der Waals surface area (Å²) in [5.41, 5.74) is 0. The summed E-state index contributed by atoms with van der Waals surface area (Å²) in [4.78, 5) is 23.3. The van der Waals surface area contributed by atoms with Gasteiger partial charge in [0.2, 0.25) is 0 Å². The Morgan fingerprint density at radius 3 is 2.47 bits per heavy atom. The molecule has 4 heteroatoms. The Morgan fingerprint density at radius 1 is 1.24 bits per heavy atom. The van der Waals surface area contributed by atoms with E-state index in [0.29, 0.717) is 5.92 Å². The second-order valence-corrected chi connectivity index (χ2v) is 5.12. The maximum atomic E-state index is 11.7. The molecule has 0 heterocycles. The van der Waals surface area contributed by atoms with E-state index in [0.717, 1.165) is 25.7 Å². The molecule has 17 heavy (non-hydrogen) atoms. The van der Waals surface area contributed by atoms with Crippen molar-refractivity contribution in [3.63, 3.8) is 0 Å². The molecule has 1 aliphatic carbocycles. The van der Waals surface area contributed by atoms with Gasteiger partial charge in [0.15, 0.2) is 0 Å². The highest BCUT2D eigenvalue weighted by molar-refractivity contribution is 6.35. The molecule has 2 N–H and O–H groups in total. The Balaban J connectivity index is 2.39. The summed E-state index contributed by atoms with van der Waals surface area (Å²) in [6.07, 6.45) is 5.33. The molecule has 98 valence electrons. The zero-order valence-electron chi connectivity index (χ0n) is 11.1. The van der Waals surface area contributed by atoms with Crippen molar-refractivity contribution < 1.29 is 9.59 Å². The lowest BCUT2D eigenvalue weighted by molar-refractivity contribution is -0.140.